The zero-order chi connectivity index (χ0) is 13.8. The van der Waals surface area contributed by atoms with Crippen molar-refractivity contribution in [1.29, 1.82) is 0 Å². The first-order chi connectivity index (χ1) is 8.59. The molecule has 0 amide bonds. The first-order valence-corrected chi connectivity index (χ1v) is 7.05. The summed E-state index contributed by atoms with van der Waals surface area (Å²) in [4.78, 5) is 21.3. The fourth-order valence-electron chi connectivity index (χ4n) is 2.01. The molecule has 2 N–H and O–H groups in total. The molecule has 0 atom stereocenters. The van der Waals surface area contributed by atoms with E-state index in [4.69, 9.17) is 10.2 Å². The van der Waals surface area contributed by atoms with Gasteiger partial charge >= 0.3 is 60.4 Å². The van der Waals surface area contributed by atoms with Crippen LogP contribution in [0.1, 0.15) is 71.1 Å². The van der Waals surface area contributed by atoms with Crippen LogP contribution in [0.15, 0.2) is 0 Å². The van der Waals surface area contributed by atoms with Gasteiger partial charge < -0.3 is 10.2 Å². The molecule has 0 spiro atoms. The molecule has 0 aliphatic rings. The van der Waals surface area contributed by atoms with Gasteiger partial charge in [0.1, 0.15) is 0 Å². The van der Waals surface area contributed by atoms with Crippen molar-refractivity contribution in [3.63, 3.8) is 0 Å². The Kier molecular flexibility index (Phi) is 22.4. The van der Waals surface area contributed by atoms with Crippen LogP contribution in [0.3, 0.4) is 0 Å². The number of rotatable bonds is 12. The van der Waals surface area contributed by atoms with E-state index in [1.165, 1.54) is 38.5 Å². The fraction of sp³-hybridized carbons (Fsp3) is 0.857. The molecule has 20 heavy (non-hydrogen) atoms. The predicted octanol–water partition coefficient (Wildman–Crippen LogP) is 2.40. The van der Waals surface area contributed by atoms with Gasteiger partial charge in [-0.2, -0.15) is 0 Å². The molecule has 0 saturated carbocycles. The second-order valence-corrected chi connectivity index (χ2v) is 4.85. The van der Waals surface area contributed by atoms with Gasteiger partial charge in [-0.25, -0.2) is 0 Å². The van der Waals surface area contributed by atoms with Gasteiger partial charge in [-0.3, -0.25) is 9.59 Å². The van der Waals surface area contributed by atoms with Gasteiger partial charge in [0.25, 0.3) is 0 Å². The van der Waals surface area contributed by atoms with Crippen molar-refractivity contribution in [3.8, 4) is 0 Å². The molecule has 0 aromatic heterocycles. The minimum atomic E-state index is -1.23. The summed E-state index contributed by atoms with van der Waals surface area (Å²) in [5, 5.41) is 17.4. The monoisotopic (exact) mass is 290 g/mol. The van der Waals surface area contributed by atoms with Gasteiger partial charge in [-0.15, -0.1) is 0 Å². The zero-order valence-electron chi connectivity index (χ0n) is 11.4. The first-order valence-electron chi connectivity index (χ1n) is 7.05. The van der Waals surface area contributed by atoms with E-state index >= 15 is 0 Å². The number of aliphatic carboxylic acids is 2. The summed E-state index contributed by atoms with van der Waals surface area (Å²) >= 11 is 0. The average Bonchev–Trinajstić information content (AvgIpc) is 2.30. The van der Waals surface area contributed by atoms with Crippen LogP contribution in [-0.4, -0.2) is 70.6 Å². The third kappa shape index (κ3) is 14.9. The van der Waals surface area contributed by atoms with E-state index in [1.807, 2.05) is 0 Å². The van der Waals surface area contributed by atoms with Crippen molar-refractivity contribution in [3.05, 3.63) is 0 Å². The molecule has 0 aromatic carbocycles. The molecule has 0 radical (unpaired) electrons. The number of unbranched alkanes of at least 4 members (excludes halogenated alkanes) is 8. The van der Waals surface area contributed by atoms with Crippen LogP contribution in [0.5, 0.6) is 0 Å². The molecule has 4 nitrogen and oxygen atoms in total. The Morgan fingerprint density at radius 2 is 1.15 bits per heavy atom. The number of carboxylic acid groups (broad SMARTS) is 2. The summed E-state index contributed by atoms with van der Waals surface area (Å²) in [7, 11) is 0. The number of carbonyl (C=O) groups is 2. The van der Waals surface area contributed by atoms with Crippen LogP contribution < -0.4 is 0 Å². The molecule has 110 valence electrons. The molecule has 0 aromatic rings. The summed E-state index contributed by atoms with van der Waals surface area (Å²) in [5.74, 6) is -3.67. The SMILES string of the molecule is CCCCCCCCCCCC(C(=O)O)C(=O)O.[LiH].[NaH]. The van der Waals surface area contributed by atoms with Crippen LogP contribution >= 0.6 is 0 Å². The van der Waals surface area contributed by atoms with E-state index in [9.17, 15) is 9.59 Å². The molecule has 6 heteroatoms. The van der Waals surface area contributed by atoms with E-state index in [1.54, 1.807) is 0 Å². The standard InChI is InChI=1S/C14H26O4.Li.Na.2H/c1-2-3-4-5-6-7-8-9-10-11-12(13(15)16)14(17)18;;;;/h12H,2-11H2,1H3,(H,15,16)(H,17,18);;;;. The van der Waals surface area contributed by atoms with Gasteiger partial charge in [0.15, 0.2) is 5.92 Å². The van der Waals surface area contributed by atoms with Crippen molar-refractivity contribution in [2.75, 3.05) is 0 Å². The van der Waals surface area contributed by atoms with E-state index in [0.29, 0.717) is 6.42 Å². The first kappa shape index (κ1) is 25.5. The number of hydrogen-bond donors (Lipinski definition) is 2. The van der Waals surface area contributed by atoms with Gasteiger partial charge in [0.2, 0.25) is 0 Å². The molecule has 0 unspecified atom stereocenters. The minimum absolute atomic E-state index is 0. The second kappa shape index (κ2) is 17.6. The molecule has 0 heterocycles. The normalized spacial score (nSPS) is 9.70. The van der Waals surface area contributed by atoms with Crippen LogP contribution in [0, 0.1) is 5.92 Å². The van der Waals surface area contributed by atoms with E-state index in [2.05, 4.69) is 6.92 Å². The van der Waals surface area contributed by atoms with Crippen molar-refractivity contribution in [1.82, 2.24) is 0 Å². The molecule has 0 bridgehead atoms. The molecule has 0 saturated heterocycles. The topological polar surface area (TPSA) is 74.6 Å². The third-order valence-electron chi connectivity index (χ3n) is 3.19. The Balaban J connectivity index is -0.00000144. The second-order valence-electron chi connectivity index (χ2n) is 4.85. The van der Waals surface area contributed by atoms with Crippen molar-refractivity contribution >= 4 is 60.4 Å². The zero-order valence-corrected chi connectivity index (χ0v) is 11.4. The Hall–Kier alpha value is 0.537. The predicted molar refractivity (Wildman–Crippen MR) is 84.9 cm³/mol. The Bertz CT molecular complexity index is 235. The summed E-state index contributed by atoms with van der Waals surface area (Å²) in [6.07, 6.45) is 10.5. The Morgan fingerprint density at radius 3 is 1.50 bits per heavy atom. The van der Waals surface area contributed by atoms with E-state index in [0.717, 1.165) is 12.8 Å². The summed E-state index contributed by atoms with van der Waals surface area (Å²) < 4.78 is 0. The quantitative estimate of drug-likeness (QED) is 0.329. The Labute approximate surface area is 156 Å². The van der Waals surface area contributed by atoms with Gasteiger partial charge in [-0.1, -0.05) is 64.7 Å². The average molecular weight is 290 g/mol. The number of carboxylic acids is 2. The van der Waals surface area contributed by atoms with Crippen LogP contribution in [0.4, 0.5) is 0 Å². The molecular formula is C14H28LiNaO4. The molecule has 0 aliphatic carbocycles. The van der Waals surface area contributed by atoms with Gasteiger partial charge in [0, 0.05) is 0 Å². The summed E-state index contributed by atoms with van der Waals surface area (Å²) in [6.45, 7) is 2.20. The molecular weight excluding hydrogens is 262 g/mol. The third-order valence-corrected chi connectivity index (χ3v) is 3.19. The maximum absolute atomic E-state index is 10.6. The van der Waals surface area contributed by atoms with Crippen LogP contribution in [0.25, 0.3) is 0 Å². The van der Waals surface area contributed by atoms with Gasteiger partial charge in [0.05, 0.1) is 0 Å². The van der Waals surface area contributed by atoms with Crippen molar-refractivity contribution in [2.45, 2.75) is 71.1 Å². The van der Waals surface area contributed by atoms with Crippen molar-refractivity contribution < 1.29 is 19.8 Å². The Morgan fingerprint density at radius 1 is 0.800 bits per heavy atom. The molecule has 0 fully saturated rings. The van der Waals surface area contributed by atoms with Gasteiger partial charge in [-0.05, 0) is 6.42 Å². The molecule has 0 rings (SSSR count). The van der Waals surface area contributed by atoms with E-state index < -0.39 is 17.9 Å². The van der Waals surface area contributed by atoms with Crippen LogP contribution in [0.2, 0.25) is 0 Å². The van der Waals surface area contributed by atoms with E-state index in [-0.39, 0.29) is 54.8 Å². The summed E-state index contributed by atoms with van der Waals surface area (Å²) in [6, 6.07) is 0. The molecule has 0 aliphatic heterocycles. The number of hydrogen-bond acceptors (Lipinski definition) is 2. The fourth-order valence-corrected chi connectivity index (χ4v) is 2.01. The summed E-state index contributed by atoms with van der Waals surface area (Å²) in [5.41, 5.74) is 0. The maximum atomic E-state index is 10.6. The van der Waals surface area contributed by atoms with Crippen LogP contribution in [-0.2, 0) is 9.59 Å². The van der Waals surface area contributed by atoms with Crippen molar-refractivity contribution in [2.24, 2.45) is 5.92 Å².